The van der Waals surface area contributed by atoms with Crippen molar-refractivity contribution in [2.45, 2.75) is 29.5 Å². The fraction of sp³-hybridized carbons (Fsp3) is 0.350. The standard InChI is InChI=1S/C20H20N4O6S2/c25-19(14-3-1-7-24(14)32(26,27)18-4-2-10-31-18)21-20-23-22-17(30-20)12-13-5-6-15-16(11-13)29-9-8-28-15/h2,4-6,10-11,14H,1,3,7-9,12H2,(H,21,23,25). The van der Waals surface area contributed by atoms with Gasteiger partial charge in [0.2, 0.25) is 11.8 Å². The number of ether oxygens (including phenoxy) is 2. The molecule has 1 unspecified atom stereocenters. The van der Waals surface area contributed by atoms with Gasteiger partial charge in [0.05, 0.1) is 6.42 Å². The zero-order chi connectivity index (χ0) is 22.1. The van der Waals surface area contributed by atoms with Crippen LogP contribution in [0.1, 0.15) is 24.3 Å². The van der Waals surface area contributed by atoms with Gasteiger partial charge in [-0.15, -0.1) is 16.4 Å². The van der Waals surface area contributed by atoms with Gasteiger partial charge in [-0.3, -0.25) is 10.1 Å². The first-order chi connectivity index (χ1) is 15.5. The summed E-state index contributed by atoms with van der Waals surface area (Å²) in [6, 6.07) is 7.87. The lowest BCUT2D eigenvalue weighted by molar-refractivity contribution is -0.119. The van der Waals surface area contributed by atoms with Crippen LogP contribution in [-0.2, 0) is 21.2 Å². The molecular formula is C20H20N4O6S2. The number of rotatable bonds is 6. The van der Waals surface area contributed by atoms with Crippen molar-refractivity contribution in [1.29, 1.82) is 0 Å². The van der Waals surface area contributed by atoms with Crippen LogP contribution in [0.15, 0.2) is 44.3 Å². The minimum absolute atomic E-state index is 0.0667. The molecule has 1 fully saturated rings. The van der Waals surface area contributed by atoms with E-state index in [2.05, 4.69) is 15.5 Å². The number of amides is 1. The van der Waals surface area contributed by atoms with Gasteiger partial charge in [-0.25, -0.2) is 8.42 Å². The van der Waals surface area contributed by atoms with Gasteiger partial charge in [-0.1, -0.05) is 17.2 Å². The lowest BCUT2D eigenvalue weighted by Gasteiger charge is -2.21. The van der Waals surface area contributed by atoms with Crippen molar-refractivity contribution in [2.24, 2.45) is 0 Å². The Morgan fingerprint density at radius 3 is 2.84 bits per heavy atom. The first-order valence-electron chi connectivity index (χ1n) is 10.1. The van der Waals surface area contributed by atoms with Crippen molar-refractivity contribution < 1.29 is 27.1 Å². The van der Waals surface area contributed by atoms with E-state index in [1.807, 2.05) is 18.2 Å². The summed E-state index contributed by atoms with van der Waals surface area (Å²) in [7, 11) is -3.72. The number of nitrogens with zero attached hydrogens (tertiary/aromatic N) is 3. The maximum Gasteiger partial charge on any atom is 0.322 e. The smallest absolute Gasteiger partial charge is 0.322 e. The Bertz CT molecular complexity index is 1220. The maximum absolute atomic E-state index is 12.9. The summed E-state index contributed by atoms with van der Waals surface area (Å²) in [6.07, 6.45) is 1.37. The monoisotopic (exact) mass is 476 g/mol. The Morgan fingerprint density at radius 2 is 2.03 bits per heavy atom. The zero-order valence-corrected chi connectivity index (χ0v) is 18.5. The number of carbonyl (C=O) groups excluding carboxylic acids is 1. The molecule has 1 N–H and O–H groups in total. The molecular weight excluding hydrogens is 456 g/mol. The summed E-state index contributed by atoms with van der Waals surface area (Å²) < 4.78 is 43.8. The predicted octanol–water partition coefficient (Wildman–Crippen LogP) is 2.28. The number of carbonyl (C=O) groups is 1. The second-order valence-corrected chi connectivity index (χ2v) is 10.4. The Morgan fingerprint density at radius 1 is 1.19 bits per heavy atom. The van der Waals surface area contributed by atoms with Gasteiger partial charge >= 0.3 is 6.01 Å². The Hall–Kier alpha value is -2.96. The van der Waals surface area contributed by atoms with Crippen LogP contribution in [0.25, 0.3) is 0 Å². The Balaban J connectivity index is 1.26. The minimum atomic E-state index is -3.72. The summed E-state index contributed by atoms with van der Waals surface area (Å²) in [5, 5.41) is 12.1. The van der Waals surface area contributed by atoms with E-state index in [1.165, 1.54) is 10.4 Å². The van der Waals surface area contributed by atoms with E-state index in [9.17, 15) is 13.2 Å². The molecule has 1 aromatic carbocycles. The zero-order valence-electron chi connectivity index (χ0n) is 16.9. The average molecular weight is 477 g/mol. The van der Waals surface area contributed by atoms with Crippen LogP contribution >= 0.6 is 11.3 Å². The molecule has 1 atom stereocenters. The highest BCUT2D eigenvalue weighted by atomic mass is 32.2. The van der Waals surface area contributed by atoms with Crippen LogP contribution in [0.3, 0.4) is 0 Å². The quantitative estimate of drug-likeness (QED) is 0.575. The van der Waals surface area contributed by atoms with Gasteiger partial charge in [0.15, 0.2) is 11.5 Å². The number of fused-ring (bicyclic) bond motifs is 1. The highest BCUT2D eigenvalue weighted by Crippen LogP contribution is 2.32. The first kappa shape index (κ1) is 20.9. The van der Waals surface area contributed by atoms with Crippen molar-refractivity contribution in [2.75, 3.05) is 25.1 Å². The third kappa shape index (κ3) is 4.08. The highest BCUT2D eigenvalue weighted by Gasteiger charge is 2.40. The molecule has 0 spiro atoms. The van der Waals surface area contributed by atoms with Crippen LogP contribution in [-0.4, -0.2) is 54.6 Å². The van der Waals surface area contributed by atoms with Crippen molar-refractivity contribution in [3.8, 4) is 11.5 Å². The largest absolute Gasteiger partial charge is 0.486 e. The fourth-order valence-electron chi connectivity index (χ4n) is 3.75. The van der Waals surface area contributed by atoms with E-state index in [0.29, 0.717) is 49.9 Å². The molecule has 12 heteroatoms. The molecule has 2 aliphatic rings. The number of hydrogen-bond donors (Lipinski definition) is 1. The molecule has 2 aromatic heterocycles. The van der Waals surface area contributed by atoms with Gasteiger partial charge < -0.3 is 13.9 Å². The van der Waals surface area contributed by atoms with Crippen LogP contribution in [0.2, 0.25) is 0 Å². The minimum Gasteiger partial charge on any atom is -0.486 e. The van der Waals surface area contributed by atoms with E-state index in [-0.39, 0.29) is 16.8 Å². The summed E-state index contributed by atoms with van der Waals surface area (Å²) in [6.45, 7) is 1.30. The topological polar surface area (TPSA) is 124 Å². The lowest BCUT2D eigenvalue weighted by atomic mass is 10.1. The third-order valence-corrected chi connectivity index (χ3v) is 8.50. The molecule has 1 saturated heterocycles. The van der Waals surface area contributed by atoms with E-state index < -0.39 is 22.0 Å². The fourth-order valence-corrected chi connectivity index (χ4v) is 6.53. The van der Waals surface area contributed by atoms with Gasteiger partial charge in [-0.05, 0) is 42.0 Å². The molecule has 0 aliphatic carbocycles. The predicted molar refractivity (Wildman–Crippen MR) is 114 cm³/mol. The molecule has 168 valence electrons. The first-order valence-corrected chi connectivity index (χ1v) is 12.4. The van der Waals surface area contributed by atoms with Crippen molar-refractivity contribution >= 4 is 33.3 Å². The second-order valence-electron chi connectivity index (χ2n) is 7.35. The molecule has 32 heavy (non-hydrogen) atoms. The summed E-state index contributed by atoms with van der Waals surface area (Å²) >= 11 is 1.13. The molecule has 0 radical (unpaired) electrons. The Kier molecular flexibility index (Phi) is 5.57. The van der Waals surface area contributed by atoms with E-state index in [0.717, 1.165) is 16.9 Å². The molecule has 5 rings (SSSR count). The molecule has 2 aliphatic heterocycles. The van der Waals surface area contributed by atoms with Gasteiger partial charge in [-0.2, -0.15) is 4.31 Å². The summed E-state index contributed by atoms with van der Waals surface area (Å²) in [4.78, 5) is 12.8. The highest BCUT2D eigenvalue weighted by molar-refractivity contribution is 7.91. The van der Waals surface area contributed by atoms with E-state index >= 15 is 0 Å². The maximum atomic E-state index is 12.9. The van der Waals surface area contributed by atoms with Crippen molar-refractivity contribution in [3.05, 3.63) is 47.2 Å². The van der Waals surface area contributed by atoms with Crippen LogP contribution in [0.5, 0.6) is 11.5 Å². The summed E-state index contributed by atoms with van der Waals surface area (Å²) in [5.74, 6) is 1.18. The normalized spacial score (nSPS) is 18.6. The van der Waals surface area contributed by atoms with Gasteiger partial charge in [0.25, 0.3) is 10.0 Å². The average Bonchev–Trinajstić information content (AvgIpc) is 3.55. The number of hydrogen-bond acceptors (Lipinski definition) is 9. The molecule has 3 aromatic rings. The van der Waals surface area contributed by atoms with Crippen molar-refractivity contribution in [1.82, 2.24) is 14.5 Å². The molecule has 1 amide bonds. The number of benzene rings is 1. The molecule has 0 bridgehead atoms. The summed E-state index contributed by atoms with van der Waals surface area (Å²) in [5.41, 5.74) is 0.889. The molecule has 4 heterocycles. The van der Waals surface area contributed by atoms with Crippen LogP contribution in [0, 0.1) is 0 Å². The van der Waals surface area contributed by atoms with E-state index in [4.69, 9.17) is 13.9 Å². The van der Waals surface area contributed by atoms with Crippen molar-refractivity contribution in [3.63, 3.8) is 0 Å². The van der Waals surface area contributed by atoms with Crippen LogP contribution < -0.4 is 14.8 Å². The third-order valence-electron chi connectivity index (χ3n) is 5.22. The van der Waals surface area contributed by atoms with Gasteiger partial charge in [0, 0.05) is 6.54 Å². The Labute approximate surface area is 188 Å². The number of thiophene rings is 1. The number of nitrogens with one attached hydrogen (secondary N) is 1. The molecule has 10 nitrogen and oxygen atoms in total. The number of anilines is 1. The van der Waals surface area contributed by atoms with Crippen LogP contribution in [0.4, 0.5) is 6.01 Å². The van der Waals surface area contributed by atoms with E-state index in [1.54, 1.807) is 11.4 Å². The molecule has 0 saturated carbocycles. The van der Waals surface area contributed by atoms with Gasteiger partial charge in [0.1, 0.15) is 23.5 Å². The number of sulfonamides is 1. The second kappa shape index (κ2) is 8.52. The SMILES string of the molecule is O=C(Nc1nnc(Cc2ccc3c(c2)OCCO3)o1)C1CCCN1S(=O)(=O)c1cccs1. The lowest BCUT2D eigenvalue weighted by Crippen LogP contribution is -2.42. The number of aromatic nitrogens is 2.